The summed E-state index contributed by atoms with van der Waals surface area (Å²) in [5, 5.41) is 6.03. The standard InChI is InChI=1S/C25H20N4O2.C8H9F3N2O2S/c1-29-15-18(14-28-29)17-11-21-22(27-13-17)8-6-16-5-7-19(12-20(16)23(21)30)25(24(26)31)9-3-2-4-10-25;1-16(14,15)12-5-6-3-2-4-7(13-6)8(9,10)11/h2-9,11-15H,10H2,1H3,(H2,26,31);2-4,12H,5H2,1H3. The predicted octanol–water partition coefficient (Wildman–Crippen LogP) is 4.54. The molecule has 1 aliphatic rings. The van der Waals surface area contributed by atoms with Crippen molar-refractivity contribution in [1.82, 2.24) is 24.5 Å². The third-order valence-corrected chi connectivity index (χ3v) is 8.22. The number of carbonyl (C=O) groups excluding carboxylic acids is 1. The minimum Gasteiger partial charge on any atom is -0.369 e. The molecule has 0 fully saturated rings. The lowest BCUT2D eigenvalue weighted by Crippen LogP contribution is -2.39. The highest BCUT2D eigenvalue weighted by molar-refractivity contribution is 7.88. The third-order valence-electron chi connectivity index (χ3n) is 7.56. The number of halogens is 3. The zero-order valence-electron chi connectivity index (χ0n) is 25.2. The molecule has 0 radical (unpaired) electrons. The van der Waals surface area contributed by atoms with Gasteiger partial charge in [0, 0.05) is 41.3 Å². The first kappa shape index (κ1) is 33.2. The third kappa shape index (κ3) is 7.45. The molecule has 3 heterocycles. The molecule has 1 atom stereocenters. The van der Waals surface area contributed by atoms with Crippen LogP contribution in [0.2, 0.25) is 0 Å². The SMILES string of the molecule is CS(=O)(=O)NCc1cccc(C(F)(F)F)n1.Cn1cc(-c2cnc3ccc4ccc(C5(C(N)=O)C=CC=CC5)cc4c(=O)c3c2)cn1. The Labute approximate surface area is 267 Å². The average molecular weight is 663 g/mol. The number of nitrogens with two attached hydrogens (primary N) is 1. The van der Waals surface area contributed by atoms with E-state index >= 15 is 0 Å². The van der Waals surface area contributed by atoms with E-state index in [0.717, 1.165) is 28.8 Å². The van der Waals surface area contributed by atoms with Crippen LogP contribution in [0.25, 0.3) is 32.8 Å². The molecule has 47 heavy (non-hydrogen) atoms. The molecule has 0 saturated heterocycles. The Balaban J connectivity index is 0.000000230. The number of benzene rings is 1. The number of carbonyl (C=O) groups is 1. The van der Waals surface area contributed by atoms with Gasteiger partial charge in [-0.3, -0.25) is 19.3 Å². The number of amides is 1. The van der Waals surface area contributed by atoms with Crippen LogP contribution in [-0.2, 0) is 40.0 Å². The van der Waals surface area contributed by atoms with Crippen molar-refractivity contribution in [3.05, 3.63) is 125 Å². The van der Waals surface area contributed by atoms with Gasteiger partial charge in [0.2, 0.25) is 15.9 Å². The first-order chi connectivity index (χ1) is 22.2. The monoisotopic (exact) mass is 662 g/mol. The number of allylic oxidation sites excluding steroid dienone is 3. The number of aromatic nitrogens is 4. The van der Waals surface area contributed by atoms with Crippen molar-refractivity contribution in [3.8, 4) is 11.1 Å². The highest BCUT2D eigenvalue weighted by Gasteiger charge is 2.36. The second-order valence-corrected chi connectivity index (χ2v) is 12.8. The average Bonchev–Trinajstić information content (AvgIpc) is 3.42. The molecule has 1 aliphatic carbocycles. The summed E-state index contributed by atoms with van der Waals surface area (Å²) in [6.07, 6.45) is 9.66. The van der Waals surface area contributed by atoms with Crippen LogP contribution in [-0.4, -0.2) is 40.3 Å². The van der Waals surface area contributed by atoms with Crippen LogP contribution >= 0.6 is 0 Å². The number of aryl methyl sites for hydroxylation is 1. The number of pyridine rings is 2. The molecule has 0 aliphatic heterocycles. The molecule has 2 aromatic carbocycles. The molecule has 0 spiro atoms. The summed E-state index contributed by atoms with van der Waals surface area (Å²) in [5.41, 5.74) is 6.71. The minimum absolute atomic E-state index is 0.0141. The summed E-state index contributed by atoms with van der Waals surface area (Å²) in [7, 11) is -1.60. The topological polar surface area (TPSA) is 150 Å². The molecule has 5 aromatic rings. The molecular weight excluding hydrogens is 633 g/mol. The quantitative estimate of drug-likeness (QED) is 0.271. The second kappa shape index (κ2) is 12.9. The fourth-order valence-electron chi connectivity index (χ4n) is 5.11. The van der Waals surface area contributed by atoms with Gasteiger partial charge in [-0.05, 0) is 47.7 Å². The maximum Gasteiger partial charge on any atom is 0.433 e. The Morgan fingerprint density at radius 2 is 1.81 bits per heavy atom. The van der Waals surface area contributed by atoms with Crippen LogP contribution in [0.3, 0.4) is 0 Å². The van der Waals surface area contributed by atoms with E-state index in [1.165, 1.54) is 12.1 Å². The van der Waals surface area contributed by atoms with Crippen molar-refractivity contribution >= 4 is 37.6 Å². The molecule has 0 bridgehead atoms. The first-order valence-corrected chi connectivity index (χ1v) is 16.0. The largest absolute Gasteiger partial charge is 0.433 e. The summed E-state index contributed by atoms with van der Waals surface area (Å²) in [5.74, 6) is -0.439. The lowest BCUT2D eigenvalue weighted by atomic mass is 9.74. The lowest BCUT2D eigenvalue weighted by molar-refractivity contribution is -0.141. The van der Waals surface area contributed by atoms with E-state index in [9.17, 15) is 31.2 Å². The summed E-state index contributed by atoms with van der Waals surface area (Å²) < 4.78 is 61.9. The molecule has 1 amide bonds. The zero-order valence-corrected chi connectivity index (χ0v) is 26.0. The number of nitrogens with zero attached hydrogens (tertiary/aromatic N) is 4. The fourth-order valence-corrected chi connectivity index (χ4v) is 5.52. The van der Waals surface area contributed by atoms with Crippen LogP contribution in [0.4, 0.5) is 13.2 Å². The number of sulfonamides is 1. The summed E-state index contributed by atoms with van der Waals surface area (Å²) >= 11 is 0. The maximum atomic E-state index is 13.6. The van der Waals surface area contributed by atoms with Crippen molar-refractivity contribution in [2.24, 2.45) is 12.8 Å². The van der Waals surface area contributed by atoms with E-state index in [4.69, 9.17) is 5.73 Å². The normalized spacial score (nSPS) is 16.2. The van der Waals surface area contributed by atoms with Crippen LogP contribution in [0.1, 0.15) is 23.4 Å². The second-order valence-electron chi connectivity index (χ2n) is 11.0. The summed E-state index contributed by atoms with van der Waals surface area (Å²) in [6, 6.07) is 14.4. The summed E-state index contributed by atoms with van der Waals surface area (Å²) in [4.78, 5) is 33.8. The van der Waals surface area contributed by atoms with Gasteiger partial charge in [-0.25, -0.2) is 18.1 Å². The molecule has 14 heteroatoms. The van der Waals surface area contributed by atoms with Crippen molar-refractivity contribution in [2.45, 2.75) is 24.6 Å². The van der Waals surface area contributed by atoms with Gasteiger partial charge in [0.25, 0.3) is 0 Å². The predicted molar refractivity (Wildman–Crippen MR) is 172 cm³/mol. The van der Waals surface area contributed by atoms with Gasteiger partial charge in [0.1, 0.15) is 5.69 Å². The smallest absolute Gasteiger partial charge is 0.369 e. The Morgan fingerprint density at radius 1 is 1.04 bits per heavy atom. The van der Waals surface area contributed by atoms with Gasteiger partial charge in [-0.15, -0.1) is 0 Å². The highest BCUT2D eigenvalue weighted by Crippen LogP contribution is 2.34. The van der Waals surface area contributed by atoms with Crippen LogP contribution in [0.5, 0.6) is 0 Å². The molecule has 242 valence electrons. The Hall–Kier alpha value is -5.21. The Morgan fingerprint density at radius 3 is 2.45 bits per heavy atom. The molecule has 3 N–H and O–H groups in total. The number of rotatable bonds is 6. The van der Waals surface area contributed by atoms with E-state index < -0.39 is 33.2 Å². The number of nitrogens with one attached hydrogen (secondary N) is 1. The number of alkyl halides is 3. The lowest BCUT2D eigenvalue weighted by Gasteiger charge is -2.28. The van der Waals surface area contributed by atoms with E-state index in [0.29, 0.717) is 28.3 Å². The molecule has 6 rings (SSSR count). The van der Waals surface area contributed by atoms with Crippen molar-refractivity contribution in [1.29, 1.82) is 0 Å². The van der Waals surface area contributed by atoms with Gasteiger partial charge in [0.15, 0.2) is 5.43 Å². The van der Waals surface area contributed by atoms with Gasteiger partial charge < -0.3 is 5.73 Å². The van der Waals surface area contributed by atoms with Crippen LogP contribution in [0.15, 0.2) is 102 Å². The zero-order chi connectivity index (χ0) is 34.0. The van der Waals surface area contributed by atoms with Crippen LogP contribution in [0, 0.1) is 0 Å². The van der Waals surface area contributed by atoms with Crippen molar-refractivity contribution in [3.63, 3.8) is 0 Å². The van der Waals surface area contributed by atoms with E-state index in [-0.39, 0.29) is 17.7 Å². The number of hydrogen-bond donors (Lipinski definition) is 2. The minimum atomic E-state index is -4.53. The van der Waals surface area contributed by atoms with E-state index in [1.807, 2.05) is 67.9 Å². The molecule has 0 saturated carbocycles. The van der Waals surface area contributed by atoms with Crippen molar-refractivity contribution < 1.29 is 26.4 Å². The highest BCUT2D eigenvalue weighted by atomic mass is 32.2. The number of primary amides is 1. The van der Waals surface area contributed by atoms with Crippen LogP contribution < -0.4 is 15.9 Å². The molecule has 10 nitrogen and oxygen atoms in total. The number of fused-ring (bicyclic) bond motifs is 2. The molecular formula is C33H29F3N6O4S. The number of hydrogen-bond acceptors (Lipinski definition) is 7. The Bertz CT molecular complexity index is 2230. The summed E-state index contributed by atoms with van der Waals surface area (Å²) in [6.45, 7) is -0.261. The Kier molecular flexibility index (Phi) is 9.09. The molecule has 3 aromatic heterocycles. The first-order valence-electron chi connectivity index (χ1n) is 14.1. The van der Waals surface area contributed by atoms with E-state index in [1.54, 1.807) is 23.1 Å². The van der Waals surface area contributed by atoms with Gasteiger partial charge >= 0.3 is 6.18 Å². The van der Waals surface area contributed by atoms with Crippen molar-refractivity contribution in [2.75, 3.05) is 6.26 Å². The van der Waals surface area contributed by atoms with Gasteiger partial charge in [-0.1, -0.05) is 48.6 Å². The van der Waals surface area contributed by atoms with E-state index in [2.05, 4.69) is 19.8 Å². The maximum absolute atomic E-state index is 13.6. The molecule has 1 unspecified atom stereocenters. The fraction of sp³-hybridized carbons (Fsp3) is 0.182. The van der Waals surface area contributed by atoms with Gasteiger partial charge in [-0.2, -0.15) is 18.3 Å². The van der Waals surface area contributed by atoms with Gasteiger partial charge in [0.05, 0.1) is 35.6 Å².